The summed E-state index contributed by atoms with van der Waals surface area (Å²) < 4.78 is 30.3. The van der Waals surface area contributed by atoms with Crippen molar-refractivity contribution in [2.75, 3.05) is 4.72 Å². The lowest BCUT2D eigenvalue weighted by atomic mass is 10.0. The number of hydrogen-bond acceptors (Lipinski definition) is 3. The summed E-state index contributed by atoms with van der Waals surface area (Å²) in [6.07, 6.45) is 4.34. The molecule has 144 valence electrons. The molecule has 4 nitrogen and oxygen atoms in total. The molecular weight excluding hydrogens is 443 g/mol. The van der Waals surface area contributed by atoms with Crippen LogP contribution in [0.25, 0.3) is 0 Å². The summed E-state index contributed by atoms with van der Waals surface area (Å²) in [7, 11) is -1.53. The molecular formula is C21H18BrFN2O2S. The first-order valence-electron chi connectivity index (χ1n) is 8.65. The number of aryl methyl sites for hydroxylation is 1. The molecule has 3 rings (SSSR count). The van der Waals surface area contributed by atoms with E-state index in [1.165, 1.54) is 6.07 Å². The van der Waals surface area contributed by atoms with E-state index in [-0.39, 0.29) is 12.2 Å². The Morgan fingerprint density at radius 2 is 1.96 bits per heavy atom. The molecule has 0 aliphatic carbocycles. The zero-order chi connectivity index (χ0) is 19.9. The molecule has 1 aromatic heterocycles. The Bertz CT molecular complexity index is 999. The topological polar surface area (TPSA) is 59.1 Å². The number of carbonyl (C=O) groups excluding carboxylic acids is 1. The highest BCUT2D eigenvalue weighted by Crippen LogP contribution is 2.22. The molecule has 0 saturated heterocycles. The lowest BCUT2D eigenvalue weighted by Gasteiger charge is -2.09. The highest BCUT2D eigenvalue weighted by Gasteiger charge is 2.12. The summed E-state index contributed by atoms with van der Waals surface area (Å²) >= 11 is 3.35. The summed E-state index contributed by atoms with van der Waals surface area (Å²) in [5.74, 6) is -0.538. The first kappa shape index (κ1) is 20.4. The third kappa shape index (κ3) is 5.56. The van der Waals surface area contributed by atoms with Gasteiger partial charge in [-0.3, -0.25) is 9.78 Å². The Balaban J connectivity index is 1.60. The van der Waals surface area contributed by atoms with Crippen LogP contribution in [0.15, 0.2) is 76.4 Å². The minimum Gasteiger partial charge on any atom is -0.301 e. The lowest BCUT2D eigenvalue weighted by Crippen LogP contribution is -2.08. The fraction of sp³-hybridized carbons (Fsp3) is 0.143. The van der Waals surface area contributed by atoms with Crippen LogP contribution in [0.4, 0.5) is 10.1 Å². The molecule has 0 aliphatic rings. The van der Waals surface area contributed by atoms with E-state index in [9.17, 15) is 13.4 Å². The first-order valence-corrected chi connectivity index (χ1v) is 10.6. The molecule has 3 aromatic rings. The van der Waals surface area contributed by atoms with E-state index >= 15 is 0 Å². The molecule has 1 unspecified atom stereocenters. The fourth-order valence-corrected chi connectivity index (χ4v) is 4.27. The van der Waals surface area contributed by atoms with Crippen LogP contribution in [-0.2, 0) is 28.6 Å². The number of pyridine rings is 1. The van der Waals surface area contributed by atoms with E-state index in [4.69, 9.17) is 0 Å². The molecule has 0 spiro atoms. The molecule has 0 radical (unpaired) electrons. The molecule has 1 N–H and O–H groups in total. The molecule has 7 heteroatoms. The summed E-state index contributed by atoms with van der Waals surface area (Å²) in [5, 5.41) is 0. The summed E-state index contributed by atoms with van der Waals surface area (Å²) in [6.45, 7) is 0. The predicted molar refractivity (Wildman–Crippen MR) is 112 cm³/mol. The van der Waals surface area contributed by atoms with Crippen molar-refractivity contribution in [3.8, 4) is 0 Å². The van der Waals surface area contributed by atoms with Crippen LogP contribution in [0.3, 0.4) is 0 Å². The zero-order valence-electron chi connectivity index (χ0n) is 14.9. The van der Waals surface area contributed by atoms with Crippen LogP contribution in [0.2, 0.25) is 0 Å². The van der Waals surface area contributed by atoms with Gasteiger partial charge in [-0.05, 0) is 63.8 Å². The van der Waals surface area contributed by atoms with Crippen molar-refractivity contribution in [3.63, 3.8) is 0 Å². The maximum atomic E-state index is 14.4. The van der Waals surface area contributed by atoms with Crippen molar-refractivity contribution >= 4 is 38.4 Å². The second-order valence-corrected chi connectivity index (χ2v) is 8.22. The van der Waals surface area contributed by atoms with Crippen molar-refractivity contribution in [2.45, 2.75) is 24.2 Å². The van der Waals surface area contributed by atoms with Gasteiger partial charge in [0.15, 0.2) is 11.0 Å². The van der Waals surface area contributed by atoms with E-state index in [1.54, 1.807) is 42.7 Å². The zero-order valence-corrected chi connectivity index (χ0v) is 17.3. The van der Waals surface area contributed by atoms with Gasteiger partial charge in [-0.25, -0.2) is 8.60 Å². The number of nitrogens with zero attached hydrogens (tertiary/aromatic N) is 1. The number of benzene rings is 2. The molecule has 0 bridgehead atoms. The summed E-state index contributed by atoms with van der Waals surface area (Å²) in [4.78, 5) is 16.7. The van der Waals surface area contributed by atoms with Gasteiger partial charge < -0.3 is 4.72 Å². The second-order valence-electron chi connectivity index (χ2n) is 6.18. The van der Waals surface area contributed by atoms with Crippen LogP contribution >= 0.6 is 15.9 Å². The molecule has 1 heterocycles. The van der Waals surface area contributed by atoms with E-state index in [0.717, 1.165) is 5.56 Å². The largest absolute Gasteiger partial charge is 0.301 e. The van der Waals surface area contributed by atoms with Gasteiger partial charge in [-0.2, -0.15) is 0 Å². The van der Waals surface area contributed by atoms with Crippen LogP contribution in [0, 0.1) is 5.82 Å². The predicted octanol–water partition coefficient (Wildman–Crippen LogP) is 4.86. The van der Waals surface area contributed by atoms with E-state index in [0.29, 0.717) is 33.5 Å². The second kappa shape index (κ2) is 9.71. The van der Waals surface area contributed by atoms with Gasteiger partial charge in [0.1, 0.15) is 11.6 Å². The molecule has 2 aromatic carbocycles. The third-order valence-electron chi connectivity index (χ3n) is 4.10. The van der Waals surface area contributed by atoms with Crippen molar-refractivity contribution in [2.24, 2.45) is 0 Å². The average molecular weight is 461 g/mol. The normalized spacial score (nSPS) is 11.8. The van der Waals surface area contributed by atoms with Gasteiger partial charge >= 0.3 is 0 Å². The lowest BCUT2D eigenvalue weighted by molar-refractivity contribution is -0.118. The molecule has 0 fully saturated rings. The molecule has 28 heavy (non-hydrogen) atoms. The number of rotatable bonds is 8. The van der Waals surface area contributed by atoms with E-state index in [2.05, 4.69) is 25.6 Å². The number of halogens is 2. The molecule has 1 atom stereocenters. The van der Waals surface area contributed by atoms with Gasteiger partial charge in [-0.1, -0.05) is 24.3 Å². The smallest absolute Gasteiger partial charge is 0.151 e. The monoisotopic (exact) mass is 460 g/mol. The standard InChI is InChI=1S/C21H18BrFN2O2S/c22-19-5-1-2-6-21(19)28(27)25-17-9-8-16(20(23)13-17)12-18(26)10-7-15-4-3-11-24-14-15/h1-6,8-9,11,13-14,25H,7,10,12H2. The SMILES string of the molecule is O=C(CCc1cccnc1)Cc1ccc(NS(=O)c2ccccc2Br)cc1F. The fourth-order valence-electron chi connectivity index (χ4n) is 2.64. The Morgan fingerprint density at radius 1 is 1.14 bits per heavy atom. The minimum absolute atomic E-state index is 0.0275. The Hall–Kier alpha value is -2.38. The van der Waals surface area contributed by atoms with Gasteiger partial charge in [0.2, 0.25) is 0 Å². The van der Waals surface area contributed by atoms with Crippen molar-refractivity contribution < 1.29 is 13.4 Å². The van der Waals surface area contributed by atoms with Crippen molar-refractivity contribution in [3.05, 3.63) is 88.4 Å². The van der Waals surface area contributed by atoms with Crippen molar-refractivity contribution in [1.29, 1.82) is 0 Å². The van der Waals surface area contributed by atoms with Gasteiger partial charge in [-0.15, -0.1) is 0 Å². The van der Waals surface area contributed by atoms with Crippen LogP contribution in [-0.4, -0.2) is 15.0 Å². The number of carbonyl (C=O) groups is 1. The Kier molecular flexibility index (Phi) is 7.06. The number of aromatic nitrogens is 1. The highest BCUT2D eigenvalue weighted by molar-refractivity contribution is 9.10. The van der Waals surface area contributed by atoms with Crippen LogP contribution in [0.1, 0.15) is 17.5 Å². The van der Waals surface area contributed by atoms with Gasteiger partial charge in [0.25, 0.3) is 0 Å². The molecule has 0 amide bonds. The maximum Gasteiger partial charge on any atom is 0.151 e. The van der Waals surface area contributed by atoms with Gasteiger partial charge in [0, 0.05) is 35.4 Å². The maximum absolute atomic E-state index is 14.4. The summed E-state index contributed by atoms with van der Waals surface area (Å²) in [6, 6.07) is 15.3. The summed E-state index contributed by atoms with van der Waals surface area (Å²) in [5.41, 5.74) is 1.69. The average Bonchev–Trinajstić information content (AvgIpc) is 2.69. The highest BCUT2D eigenvalue weighted by atomic mass is 79.9. The van der Waals surface area contributed by atoms with Gasteiger partial charge in [0.05, 0.1) is 4.90 Å². The quantitative estimate of drug-likeness (QED) is 0.521. The number of ketones is 1. The first-order chi connectivity index (χ1) is 13.5. The van der Waals surface area contributed by atoms with E-state index in [1.807, 2.05) is 18.2 Å². The van der Waals surface area contributed by atoms with Crippen molar-refractivity contribution in [1.82, 2.24) is 4.98 Å². The minimum atomic E-state index is -1.53. The Labute approximate surface area is 173 Å². The number of Topliss-reactive ketones (excluding diaryl/α,β-unsaturated/α-hetero) is 1. The van der Waals surface area contributed by atoms with Crippen LogP contribution < -0.4 is 4.72 Å². The molecule has 0 aliphatic heterocycles. The number of anilines is 1. The number of nitrogens with one attached hydrogen (secondary N) is 1. The molecule has 0 saturated carbocycles. The Morgan fingerprint density at radius 3 is 2.68 bits per heavy atom. The van der Waals surface area contributed by atoms with Crippen LogP contribution in [0.5, 0.6) is 0 Å². The third-order valence-corrected chi connectivity index (χ3v) is 6.23. The number of hydrogen-bond donors (Lipinski definition) is 1. The van der Waals surface area contributed by atoms with E-state index < -0.39 is 16.8 Å².